The molecule has 3 heterocycles. The second kappa shape index (κ2) is 5.21. The summed E-state index contributed by atoms with van der Waals surface area (Å²) >= 11 is 0. The first-order chi connectivity index (χ1) is 9.24. The third-order valence-electron chi connectivity index (χ3n) is 3.75. The van der Waals surface area contributed by atoms with Crippen molar-refractivity contribution >= 4 is 11.9 Å². The maximum atomic E-state index is 12.2. The van der Waals surface area contributed by atoms with Crippen LogP contribution in [0.4, 0.5) is 5.95 Å². The smallest absolute Gasteiger partial charge is 0.271 e. The lowest BCUT2D eigenvalue weighted by molar-refractivity contribution is 0.0710. The van der Waals surface area contributed by atoms with Crippen LogP contribution in [0.3, 0.4) is 0 Å². The molecule has 6 nitrogen and oxygen atoms in total. The number of aryl methyl sites for hydroxylation is 1. The third kappa shape index (κ3) is 2.58. The molecule has 1 fully saturated rings. The molecule has 2 aliphatic heterocycles. The molecular weight excluding hydrogens is 244 g/mol. The Morgan fingerprint density at radius 3 is 3.26 bits per heavy atom. The van der Waals surface area contributed by atoms with Gasteiger partial charge in [-0.3, -0.25) is 4.79 Å². The molecule has 0 spiro atoms. The zero-order valence-electron chi connectivity index (χ0n) is 11.2. The summed E-state index contributed by atoms with van der Waals surface area (Å²) in [5.41, 5.74) is 0.481. The van der Waals surface area contributed by atoms with E-state index in [1.165, 1.54) is 0 Å². The zero-order chi connectivity index (χ0) is 13.2. The Hall–Kier alpha value is -1.56. The van der Waals surface area contributed by atoms with Crippen LogP contribution in [0, 0.1) is 0 Å². The van der Waals surface area contributed by atoms with Gasteiger partial charge in [0.2, 0.25) is 5.95 Å². The Morgan fingerprint density at radius 1 is 1.63 bits per heavy atom. The zero-order valence-corrected chi connectivity index (χ0v) is 11.2. The summed E-state index contributed by atoms with van der Waals surface area (Å²) in [6, 6.07) is 0.0293. The van der Waals surface area contributed by atoms with E-state index in [1.807, 2.05) is 17.7 Å². The lowest BCUT2D eigenvalue weighted by Crippen LogP contribution is -2.40. The Balaban J connectivity index is 1.64. The molecule has 0 radical (unpaired) electrons. The van der Waals surface area contributed by atoms with Crippen molar-refractivity contribution in [3.8, 4) is 0 Å². The van der Waals surface area contributed by atoms with Crippen LogP contribution < -0.4 is 10.6 Å². The van der Waals surface area contributed by atoms with E-state index in [0.717, 1.165) is 44.9 Å². The number of amides is 1. The molecule has 2 N–H and O–H groups in total. The molecule has 2 unspecified atom stereocenters. The van der Waals surface area contributed by atoms with E-state index in [2.05, 4.69) is 15.6 Å². The van der Waals surface area contributed by atoms with Crippen molar-refractivity contribution in [2.45, 2.75) is 44.9 Å². The summed E-state index contributed by atoms with van der Waals surface area (Å²) in [7, 11) is 0. The molecule has 1 aromatic rings. The highest BCUT2D eigenvalue weighted by Gasteiger charge is 2.25. The molecule has 19 heavy (non-hydrogen) atoms. The van der Waals surface area contributed by atoms with Crippen LogP contribution >= 0.6 is 0 Å². The van der Waals surface area contributed by atoms with Gasteiger partial charge in [0.05, 0.1) is 12.1 Å². The molecular formula is C13H20N4O2. The summed E-state index contributed by atoms with van der Waals surface area (Å²) < 4.78 is 7.58. The van der Waals surface area contributed by atoms with Gasteiger partial charge in [-0.05, 0) is 26.2 Å². The van der Waals surface area contributed by atoms with E-state index in [4.69, 9.17) is 4.74 Å². The van der Waals surface area contributed by atoms with Crippen LogP contribution in [0.5, 0.6) is 0 Å². The quantitative estimate of drug-likeness (QED) is 0.854. The molecule has 6 heteroatoms. The fraction of sp³-hybridized carbons (Fsp3) is 0.692. The Kier molecular flexibility index (Phi) is 3.42. The number of carbonyl (C=O) groups is 1. The second-order valence-corrected chi connectivity index (χ2v) is 5.24. The Morgan fingerprint density at radius 2 is 2.53 bits per heavy atom. The average Bonchev–Trinajstić information content (AvgIpc) is 3.07. The minimum absolute atomic E-state index is 0.0293. The molecule has 1 aromatic heterocycles. The fourth-order valence-corrected chi connectivity index (χ4v) is 2.66. The van der Waals surface area contributed by atoms with Gasteiger partial charge in [0.15, 0.2) is 0 Å². The largest absolute Gasteiger partial charge is 0.376 e. The maximum absolute atomic E-state index is 12.2. The normalized spacial score (nSPS) is 23.5. The van der Waals surface area contributed by atoms with E-state index < -0.39 is 0 Å². The van der Waals surface area contributed by atoms with Crippen LogP contribution in [0.25, 0.3) is 0 Å². The van der Waals surface area contributed by atoms with Crippen molar-refractivity contribution in [1.29, 1.82) is 0 Å². The molecule has 1 saturated heterocycles. The summed E-state index contributed by atoms with van der Waals surface area (Å²) in [5, 5.41) is 6.17. The minimum atomic E-state index is -0.119. The van der Waals surface area contributed by atoms with E-state index in [-0.39, 0.29) is 18.1 Å². The lowest BCUT2D eigenvalue weighted by atomic mass is 10.1. The van der Waals surface area contributed by atoms with Crippen LogP contribution in [-0.2, 0) is 11.3 Å². The first-order valence-corrected chi connectivity index (χ1v) is 6.97. The van der Waals surface area contributed by atoms with E-state index >= 15 is 0 Å². The standard InChI is InChI=1S/C13H20N4O2/c1-9(11-4-2-7-19-11)15-12(18)10-8-17-6-3-5-14-13(17)16-10/h8-9,11H,2-7H2,1H3,(H,14,16)(H,15,18). The summed E-state index contributed by atoms with van der Waals surface area (Å²) in [6.07, 6.45) is 5.12. The molecule has 2 atom stereocenters. The number of nitrogens with one attached hydrogen (secondary N) is 2. The number of aromatic nitrogens is 2. The highest BCUT2D eigenvalue weighted by atomic mass is 16.5. The monoisotopic (exact) mass is 264 g/mol. The molecule has 0 saturated carbocycles. The molecule has 0 bridgehead atoms. The topological polar surface area (TPSA) is 68.2 Å². The van der Waals surface area contributed by atoms with Gasteiger partial charge in [0, 0.05) is 25.9 Å². The van der Waals surface area contributed by atoms with Gasteiger partial charge in [0.1, 0.15) is 5.69 Å². The number of imidazole rings is 1. The SMILES string of the molecule is CC(NC(=O)c1cn2c(n1)NCCC2)C1CCCO1. The highest BCUT2D eigenvalue weighted by Crippen LogP contribution is 2.17. The van der Waals surface area contributed by atoms with Gasteiger partial charge in [-0.2, -0.15) is 0 Å². The van der Waals surface area contributed by atoms with Crippen LogP contribution in [0.1, 0.15) is 36.7 Å². The second-order valence-electron chi connectivity index (χ2n) is 5.24. The molecule has 2 aliphatic rings. The maximum Gasteiger partial charge on any atom is 0.271 e. The number of fused-ring (bicyclic) bond motifs is 1. The first kappa shape index (κ1) is 12.5. The molecule has 0 aromatic carbocycles. The minimum Gasteiger partial charge on any atom is -0.376 e. The Bertz CT molecular complexity index is 442. The van der Waals surface area contributed by atoms with E-state index in [1.54, 1.807) is 0 Å². The van der Waals surface area contributed by atoms with Crippen LogP contribution in [0.15, 0.2) is 6.20 Å². The number of rotatable bonds is 3. The van der Waals surface area contributed by atoms with Gasteiger partial charge < -0.3 is 19.9 Å². The summed E-state index contributed by atoms with van der Waals surface area (Å²) in [4.78, 5) is 16.5. The van der Waals surface area contributed by atoms with Gasteiger partial charge >= 0.3 is 0 Å². The van der Waals surface area contributed by atoms with Gasteiger partial charge in [-0.15, -0.1) is 0 Å². The van der Waals surface area contributed by atoms with Gasteiger partial charge in [-0.25, -0.2) is 4.98 Å². The number of anilines is 1. The van der Waals surface area contributed by atoms with Crippen molar-refractivity contribution in [3.63, 3.8) is 0 Å². The van der Waals surface area contributed by atoms with E-state index in [9.17, 15) is 4.79 Å². The van der Waals surface area contributed by atoms with Crippen molar-refractivity contribution < 1.29 is 9.53 Å². The van der Waals surface area contributed by atoms with E-state index in [0.29, 0.717) is 5.69 Å². The Labute approximate surface area is 112 Å². The van der Waals surface area contributed by atoms with Gasteiger partial charge in [0.25, 0.3) is 5.91 Å². The van der Waals surface area contributed by atoms with Crippen LogP contribution in [0.2, 0.25) is 0 Å². The predicted molar refractivity (Wildman–Crippen MR) is 71.2 cm³/mol. The van der Waals surface area contributed by atoms with Crippen molar-refractivity contribution in [3.05, 3.63) is 11.9 Å². The summed E-state index contributed by atoms with van der Waals surface area (Å²) in [6.45, 7) is 4.63. The lowest BCUT2D eigenvalue weighted by Gasteiger charge is -2.19. The number of nitrogens with zero attached hydrogens (tertiary/aromatic N) is 2. The van der Waals surface area contributed by atoms with Crippen molar-refractivity contribution in [2.75, 3.05) is 18.5 Å². The highest BCUT2D eigenvalue weighted by molar-refractivity contribution is 5.92. The first-order valence-electron chi connectivity index (χ1n) is 6.97. The van der Waals surface area contributed by atoms with Crippen molar-refractivity contribution in [1.82, 2.24) is 14.9 Å². The number of carbonyl (C=O) groups excluding carboxylic acids is 1. The van der Waals surface area contributed by atoms with Crippen LogP contribution in [-0.4, -0.2) is 40.8 Å². The molecule has 3 rings (SSSR count). The molecule has 104 valence electrons. The van der Waals surface area contributed by atoms with Gasteiger partial charge in [-0.1, -0.05) is 0 Å². The number of hydrogen-bond donors (Lipinski definition) is 2. The number of hydrogen-bond acceptors (Lipinski definition) is 4. The molecule has 0 aliphatic carbocycles. The summed E-state index contributed by atoms with van der Waals surface area (Å²) in [5.74, 6) is 0.674. The molecule has 1 amide bonds. The fourth-order valence-electron chi connectivity index (χ4n) is 2.66. The average molecular weight is 264 g/mol. The van der Waals surface area contributed by atoms with Crippen molar-refractivity contribution in [2.24, 2.45) is 0 Å². The predicted octanol–water partition coefficient (Wildman–Crippen LogP) is 0.996. The third-order valence-corrected chi connectivity index (χ3v) is 3.75. The number of ether oxygens (including phenoxy) is 1.